The molecule has 0 saturated heterocycles. The highest BCUT2D eigenvalue weighted by Crippen LogP contribution is 2.24. The van der Waals surface area contributed by atoms with Crippen LogP contribution in [0.5, 0.6) is 0 Å². The molecule has 0 aliphatic heterocycles. The van der Waals surface area contributed by atoms with Crippen LogP contribution in [0.15, 0.2) is 60.7 Å². The lowest BCUT2D eigenvalue weighted by molar-refractivity contribution is 1.14. The Hall–Kier alpha value is -1.82. The lowest BCUT2D eigenvalue weighted by Gasteiger charge is -2.10. The summed E-state index contributed by atoms with van der Waals surface area (Å²) in [6.45, 7) is 16.4. The summed E-state index contributed by atoms with van der Waals surface area (Å²) in [5.74, 6) is 0. The molecule has 0 nitrogen and oxygen atoms in total. The Morgan fingerprint density at radius 3 is 2.37 bits per heavy atom. The van der Waals surface area contributed by atoms with E-state index in [0.29, 0.717) is 0 Å². The molecule has 0 bridgehead atoms. The monoisotopic (exact) mass is 252 g/mol. The Bertz CT molecular complexity index is 539. The number of hydrogen-bond donors (Lipinski definition) is 0. The van der Waals surface area contributed by atoms with Gasteiger partial charge in [0, 0.05) is 0 Å². The van der Waals surface area contributed by atoms with Gasteiger partial charge in [-0.05, 0) is 60.6 Å². The highest BCUT2D eigenvalue weighted by molar-refractivity contribution is 5.71. The first-order valence-corrected chi connectivity index (χ1v) is 6.78. The molecule has 0 heteroatoms. The second kappa shape index (κ2) is 6.94. The molecule has 0 N–H and O–H groups in total. The quantitative estimate of drug-likeness (QED) is 0.582. The number of allylic oxidation sites excluding steroid dienone is 6. The van der Waals surface area contributed by atoms with E-state index < -0.39 is 0 Å². The number of hydrogen-bond acceptors (Lipinski definition) is 0. The van der Waals surface area contributed by atoms with Gasteiger partial charge in [0.2, 0.25) is 0 Å². The Kier molecular flexibility index (Phi) is 5.57. The Morgan fingerprint density at radius 1 is 1.16 bits per heavy atom. The molecule has 0 aliphatic carbocycles. The van der Waals surface area contributed by atoms with Crippen molar-refractivity contribution in [1.82, 2.24) is 0 Å². The molecule has 100 valence electrons. The van der Waals surface area contributed by atoms with Crippen LogP contribution in [-0.2, 0) is 0 Å². The van der Waals surface area contributed by atoms with Crippen LogP contribution in [0.2, 0.25) is 0 Å². The number of rotatable bonds is 5. The highest BCUT2D eigenvalue weighted by Gasteiger charge is 2.04. The normalized spacial score (nSPS) is 12.9. The van der Waals surface area contributed by atoms with E-state index >= 15 is 0 Å². The number of benzene rings is 1. The largest absolute Gasteiger partial charge is 0.0988 e. The van der Waals surface area contributed by atoms with E-state index in [4.69, 9.17) is 0 Å². The van der Waals surface area contributed by atoms with E-state index in [2.05, 4.69) is 65.1 Å². The van der Waals surface area contributed by atoms with Crippen LogP contribution in [0.25, 0.3) is 5.57 Å². The molecule has 1 aromatic rings. The molecule has 0 saturated carbocycles. The zero-order chi connectivity index (χ0) is 14.4. The van der Waals surface area contributed by atoms with Gasteiger partial charge in [0.25, 0.3) is 0 Å². The maximum atomic E-state index is 3.91. The van der Waals surface area contributed by atoms with Crippen molar-refractivity contribution in [2.75, 3.05) is 0 Å². The molecule has 0 spiro atoms. The number of aryl methyl sites for hydroxylation is 1. The van der Waals surface area contributed by atoms with E-state index in [-0.39, 0.29) is 0 Å². The minimum atomic E-state index is 0.974. The summed E-state index contributed by atoms with van der Waals surface area (Å²) in [6, 6.07) is 6.44. The first-order valence-electron chi connectivity index (χ1n) is 6.78. The summed E-state index contributed by atoms with van der Waals surface area (Å²) >= 11 is 0. The third kappa shape index (κ3) is 3.57. The van der Waals surface area contributed by atoms with E-state index in [9.17, 15) is 0 Å². The third-order valence-corrected chi connectivity index (χ3v) is 3.62. The van der Waals surface area contributed by atoms with Crippen molar-refractivity contribution in [1.29, 1.82) is 0 Å². The van der Waals surface area contributed by atoms with Gasteiger partial charge in [-0.3, -0.25) is 0 Å². The molecular formula is C19H24. The predicted molar refractivity (Wildman–Crippen MR) is 87.3 cm³/mol. The standard InChI is InChI=1S/C19H24/c1-7-17(8-2)18(9-3)13-15(5)19-12-10-11-14(4)16(19)6/h7,9-13H,1,3,8H2,2,4-6H3/b15-13+,18-17-. The summed E-state index contributed by atoms with van der Waals surface area (Å²) in [7, 11) is 0. The summed E-state index contributed by atoms with van der Waals surface area (Å²) in [6.07, 6.45) is 7.01. The van der Waals surface area contributed by atoms with Crippen LogP contribution in [0.1, 0.15) is 37.0 Å². The lowest BCUT2D eigenvalue weighted by Crippen LogP contribution is -1.90. The van der Waals surface area contributed by atoms with Gasteiger partial charge in [-0.15, -0.1) is 0 Å². The van der Waals surface area contributed by atoms with Gasteiger partial charge in [-0.2, -0.15) is 0 Å². The van der Waals surface area contributed by atoms with Gasteiger partial charge in [-0.1, -0.05) is 56.5 Å². The van der Waals surface area contributed by atoms with E-state index in [1.807, 2.05) is 12.2 Å². The van der Waals surface area contributed by atoms with Crippen molar-refractivity contribution < 1.29 is 0 Å². The van der Waals surface area contributed by atoms with Gasteiger partial charge in [0.05, 0.1) is 0 Å². The van der Waals surface area contributed by atoms with Crippen molar-refractivity contribution in [2.24, 2.45) is 0 Å². The van der Waals surface area contributed by atoms with Gasteiger partial charge in [0.1, 0.15) is 0 Å². The van der Waals surface area contributed by atoms with Crippen LogP contribution in [-0.4, -0.2) is 0 Å². The molecular weight excluding hydrogens is 228 g/mol. The SMILES string of the molecule is C=CC(/C=C(\C)c1cccc(C)c1C)=C(\C=C)CC. The molecule has 0 fully saturated rings. The van der Waals surface area contributed by atoms with Crippen LogP contribution in [0, 0.1) is 13.8 Å². The van der Waals surface area contributed by atoms with Crippen molar-refractivity contribution in [3.8, 4) is 0 Å². The first kappa shape index (κ1) is 15.2. The molecule has 0 radical (unpaired) electrons. The Labute approximate surface area is 117 Å². The fourth-order valence-corrected chi connectivity index (χ4v) is 2.24. The maximum absolute atomic E-state index is 3.91. The van der Waals surface area contributed by atoms with Crippen LogP contribution >= 0.6 is 0 Å². The Morgan fingerprint density at radius 2 is 1.84 bits per heavy atom. The van der Waals surface area contributed by atoms with Crippen molar-refractivity contribution in [3.63, 3.8) is 0 Å². The second-order valence-electron chi connectivity index (χ2n) is 4.82. The minimum Gasteiger partial charge on any atom is -0.0988 e. The van der Waals surface area contributed by atoms with Gasteiger partial charge >= 0.3 is 0 Å². The molecule has 1 aromatic carbocycles. The molecule has 0 aromatic heterocycles. The summed E-state index contributed by atoms with van der Waals surface area (Å²) < 4.78 is 0. The van der Waals surface area contributed by atoms with E-state index in [1.165, 1.54) is 27.8 Å². The average molecular weight is 252 g/mol. The van der Waals surface area contributed by atoms with Gasteiger partial charge in [-0.25, -0.2) is 0 Å². The van der Waals surface area contributed by atoms with Crippen molar-refractivity contribution in [3.05, 3.63) is 77.4 Å². The molecule has 19 heavy (non-hydrogen) atoms. The Balaban J connectivity index is 3.32. The topological polar surface area (TPSA) is 0 Å². The second-order valence-corrected chi connectivity index (χ2v) is 4.82. The third-order valence-electron chi connectivity index (χ3n) is 3.62. The lowest BCUT2D eigenvalue weighted by atomic mass is 9.95. The molecule has 0 heterocycles. The average Bonchev–Trinajstić information content (AvgIpc) is 2.41. The minimum absolute atomic E-state index is 0.974. The van der Waals surface area contributed by atoms with Crippen molar-refractivity contribution in [2.45, 2.75) is 34.1 Å². The summed E-state index contributed by atoms with van der Waals surface area (Å²) in [5.41, 5.74) is 7.64. The highest BCUT2D eigenvalue weighted by atomic mass is 14.1. The van der Waals surface area contributed by atoms with Gasteiger partial charge < -0.3 is 0 Å². The zero-order valence-corrected chi connectivity index (χ0v) is 12.6. The molecule has 0 aliphatic rings. The van der Waals surface area contributed by atoms with Crippen LogP contribution < -0.4 is 0 Å². The van der Waals surface area contributed by atoms with E-state index in [1.54, 1.807) is 0 Å². The summed E-state index contributed by atoms with van der Waals surface area (Å²) in [4.78, 5) is 0. The zero-order valence-electron chi connectivity index (χ0n) is 12.6. The summed E-state index contributed by atoms with van der Waals surface area (Å²) in [5, 5.41) is 0. The fourth-order valence-electron chi connectivity index (χ4n) is 2.24. The first-order chi connectivity index (χ1) is 9.04. The van der Waals surface area contributed by atoms with Crippen molar-refractivity contribution >= 4 is 5.57 Å². The predicted octanol–water partition coefficient (Wildman–Crippen LogP) is 5.79. The van der Waals surface area contributed by atoms with Crippen LogP contribution in [0.3, 0.4) is 0 Å². The molecule has 0 amide bonds. The molecule has 0 unspecified atom stereocenters. The van der Waals surface area contributed by atoms with E-state index in [0.717, 1.165) is 12.0 Å². The smallest absolute Gasteiger partial charge is 0.0195 e. The fraction of sp³-hybridized carbons (Fsp3) is 0.263. The molecule has 0 atom stereocenters. The van der Waals surface area contributed by atoms with Crippen LogP contribution in [0.4, 0.5) is 0 Å². The maximum Gasteiger partial charge on any atom is -0.0195 e. The van der Waals surface area contributed by atoms with Gasteiger partial charge in [0.15, 0.2) is 0 Å². The molecule has 1 rings (SSSR count).